The van der Waals surface area contributed by atoms with Crippen molar-refractivity contribution >= 4 is 23.4 Å². The average molecular weight is 311 g/mol. The van der Waals surface area contributed by atoms with Gasteiger partial charge in [-0.2, -0.15) is 4.99 Å². The average Bonchev–Trinajstić information content (AvgIpc) is 2.86. The van der Waals surface area contributed by atoms with Crippen molar-refractivity contribution in [3.63, 3.8) is 0 Å². The summed E-state index contributed by atoms with van der Waals surface area (Å²) in [6.07, 6.45) is 6.29. The summed E-state index contributed by atoms with van der Waals surface area (Å²) in [6.45, 7) is 0. The van der Waals surface area contributed by atoms with E-state index in [1.807, 2.05) is 17.0 Å². The van der Waals surface area contributed by atoms with Gasteiger partial charge in [0, 0.05) is 18.5 Å². The molecule has 0 amide bonds. The molecule has 1 aromatic rings. The topological polar surface area (TPSA) is 97.1 Å². The van der Waals surface area contributed by atoms with E-state index < -0.39 is 5.66 Å². The van der Waals surface area contributed by atoms with Crippen molar-refractivity contribution in [2.75, 3.05) is 4.90 Å². The first kappa shape index (κ1) is 14.2. The number of guanidine groups is 2. The molecular weight excluding hydrogens is 290 g/mol. The Kier molecular flexibility index (Phi) is 3.14. The number of benzene rings is 1. The van der Waals surface area contributed by atoms with Crippen molar-refractivity contribution in [3.8, 4) is 0 Å². The summed E-state index contributed by atoms with van der Waals surface area (Å²) in [5.74, 6) is 0.924. The zero-order valence-corrected chi connectivity index (χ0v) is 13.1. The molecule has 1 fully saturated rings. The number of hydrogen-bond acceptors (Lipinski definition) is 6. The van der Waals surface area contributed by atoms with Crippen LogP contribution in [0.1, 0.15) is 43.2 Å². The molecule has 0 atom stereocenters. The molecule has 4 rings (SSSR count). The Morgan fingerprint density at radius 3 is 2.57 bits per heavy atom. The van der Waals surface area contributed by atoms with Gasteiger partial charge in [0.05, 0.1) is 0 Å². The van der Waals surface area contributed by atoms with Gasteiger partial charge in [0.1, 0.15) is 11.4 Å². The maximum Gasteiger partial charge on any atom is 0.220 e. The number of Topliss-reactive ketones (excluding diaryl/α,β-unsaturated/α-hetero) is 1. The van der Waals surface area contributed by atoms with Crippen LogP contribution >= 0.6 is 0 Å². The van der Waals surface area contributed by atoms with Crippen molar-refractivity contribution in [1.29, 1.82) is 0 Å². The summed E-state index contributed by atoms with van der Waals surface area (Å²) in [6, 6.07) is 6.12. The zero-order valence-electron chi connectivity index (χ0n) is 13.1. The number of ketones is 1. The van der Waals surface area contributed by atoms with Crippen molar-refractivity contribution in [1.82, 2.24) is 0 Å². The molecule has 0 unspecified atom stereocenters. The van der Waals surface area contributed by atoms with Gasteiger partial charge in [-0.05, 0) is 48.9 Å². The van der Waals surface area contributed by atoms with Gasteiger partial charge in [0.15, 0.2) is 0 Å². The minimum Gasteiger partial charge on any atom is -0.369 e. The van der Waals surface area contributed by atoms with Crippen LogP contribution in [0.25, 0.3) is 0 Å². The first-order valence-corrected chi connectivity index (χ1v) is 8.21. The molecule has 0 aromatic heterocycles. The van der Waals surface area contributed by atoms with E-state index in [1.165, 1.54) is 6.42 Å². The number of carbonyl (C=O) groups is 1. The summed E-state index contributed by atoms with van der Waals surface area (Å²) >= 11 is 0. The fourth-order valence-electron chi connectivity index (χ4n) is 4.07. The Morgan fingerprint density at radius 2 is 1.78 bits per heavy atom. The predicted molar refractivity (Wildman–Crippen MR) is 90.4 cm³/mol. The Bertz CT molecular complexity index is 730. The van der Waals surface area contributed by atoms with Crippen LogP contribution in [-0.4, -0.2) is 23.4 Å². The third-order valence-corrected chi connectivity index (χ3v) is 5.07. The zero-order chi connectivity index (χ0) is 16.0. The molecule has 1 aromatic carbocycles. The van der Waals surface area contributed by atoms with Gasteiger partial charge < -0.3 is 11.5 Å². The standard InChI is InChI=1S/C17H21N5O/c18-15-20-16(19)22(17(21-15)6-2-1-3-7-17)13-5-4-11-9-14(23)10-12(11)8-13/h4-5,8H,1-3,6-7,9-10H2,(H4,18,19,20,21). The number of nitrogens with zero attached hydrogens (tertiary/aromatic N) is 3. The normalized spacial score (nSPS) is 22.8. The minimum absolute atomic E-state index is 0.261. The Morgan fingerprint density at radius 1 is 1.04 bits per heavy atom. The molecule has 6 nitrogen and oxygen atoms in total. The van der Waals surface area contributed by atoms with Gasteiger partial charge in [-0.15, -0.1) is 0 Å². The fourth-order valence-corrected chi connectivity index (χ4v) is 4.07. The monoisotopic (exact) mass is 311 g/mol. The van der Waals surface area contributed by atoms with Crippen LogP contribution in [0, 0.1) is 0 Å². The van der Waals surface area contributed by atoms with Gasteiger partial charge in [-0.1, -0.05) is 12.5 Å². The van der Waals surface area contributed by atoms with Crippen LogP contribution in [0.15, 0.2) is 28.2 Å². The predicted octanol–water partition coefficient (Wildman–Crippen LogP) is 1.46. The second-order valence-corrected chi connectivity index (χ2v) is 6.66. The molecule has 0 bridgehead atoms. The second-order valence-electron chi connectivity index (χ2n) is 6.66. The quantitative estimate of drug-likeness (QED) is 0.820. The van der Waals surface area contributed by atoms with Crippen LogP contribution in [0.2, 0.25) is 0 Å². The lowest BCUT2D eigenvalue weighted by atomic mass is 9.87. The van der Waals surface area contributed by atoms with Crippen LogP contribution in [-0.2, 0) is 17.6 Å². The molecule has 1 spiro atoms. The summed E-state index contributed by atoms with van der Waals surface area (Å²) in [7, 11) is 0. The van der Waals surface area contributed by atoms with E-state index in [9.17, 15) is 4.79 Å². The third-order valence-electron chi connectivity index (χ3n) is 5.07. The van der Waals surface area contributed by atoms with E-state index >= 15 is 0 Å². The number of carbonyl (C=O) groups excluding carboxylic acids is 1. The third kappa shape index (κ3) is 2.29. The van der Waals surface area contributed by atoms with Crippen molar-refractivity contribution in [2.24, 2.45) is 21.5 Å². The van der Waals surface area contributed by atoms with Crippen LogP contribution in [0.4, 0.5) is 5.69 Å². The molecule has 6 heteroatoms. The van der Waals surface area contributed by atoms with Gasteiger partial charge in [0.25, 0.3) is 0 Å². The van der Waals surface area contributed by atoms with Crippen molar-refractivity contribution in [3.05, 3.63) is 29.3 Å². The minimum atomic E-state index is -0.426. The molecule has 0 radical (unpaired) electrons. The highest BCUT2D eigenvalue weighted by Crippen LogP contribution is 2.40. The Labute approximate surface area is 135 Å². The number of rotatable bonds is 1. The molecule has 0 saturated heterocycles. The lowest BCUT2D eigenvalue weighted by Gasteiger charge is -2.45. The molecule has 1 heterocycles. The molecular formula is C17H21N5O. The molecule has 1 saturated carbocycles. The van der Waals surface area contributed by atoms with Crippen molar-refractivity contribution in [2.45, 2.75) is 50.6 Å². The number of anilines is 1. The maximum absolute atomic E-state index is 11.7. The highest BCUT2D eigenvalue weighted by Gasteiger charge is 2.42. The van der Waals surface area contributed by atoms with E-state index in [2.05, 4.69) is 16.1 Å². The van der Waals surface area contributed by atoms with Gasteiger partial charge in [-0.25, -0.2) is 4.99 Å². The number of aliphatic imine (C=N–C) groups is 2. The molecule has 3 aliphatic rings. The summed E-state index contributed by atoms with van der Waals surface area (Å²) in [4.78, 5) is 22.6. The smallest absolute Gasteiger partial charge is 0.220 e. The number of fused-ring (bicyclic) bond motifs is 1. The number of nitrogens with two attached hydrogens (primary N) is 2. The van der Waals surface area contributed by atoms with E-state index in [1.54, 1.807) is 0 Å². The molecule has 2 aliphatic carbocycles. The van der Waals surface area contributed by atoms with E-state index in [-0.39, 0.29) is 11.7 Å². The fraction of sp³-hybridized carbons (Fsp3) is 0.471. The number of hydrogen-bond donors (Lipinski definition) is 2. The van der Waals surface area contributed by atoms with Gasteiger partial charge in [-0.3, -0.25) is 9.69 Å². The Hall–Kier alpha value is -2.37. The highest BCUT2D eigenvalue weighted by molar-refractivity contribution is 6.05. The highest BCUT2D eigenvalue weighted by atomic mass is 16.1. The summed E-state index contributed by atoms with van der Waals surface area (Å²) < 4.78 is 0. The van der Waals surface area contributed by atoms with Crippen LogP contribution in [0.5, 0.6) is 0 Å². The maximum atomic E-state index is 11.7. The first-order valence-electron chi connectivity index (χ1n) is 8.21. The molecule has 4 N–H and O–H groups in total. The SMILES string of the molecule is NC1=NC2(CCCCC2)N(c2ccc3c(c2)CC(=O)C3)C(N)=N1. The summed E-state index contributed by atoms with van der Waals surface area (Å²) in [5, 5.41) is 0. The van der Waals surface area contributed by atoms with Crippen molar-refractivity contribution < 1.29 is 4.79 Å². The van der Waals surface area contributed by atoms with E-state index in [0.717, 1.165) is 42.5 Å². The summed E-state index contributed by atoms with van der Waals surface area (Å²) in [5.41, 5.74) is 14.9. The van der Waals surface area contributed by atoms with Gasteiger partial charge >= 0.3 is 0 Å². The first-order chi connectivity index (χ1) is 11.1. The second kappa shape index (κ2) is 5.08. The van der Waals surface area contributed by atoms with Gasteiger partial charge in [0.2, 0.25) is 11.9 Å². The Balaban J connectivity index is 1.78. The van der Waals surface area contributed by atoms with Crippen LogP contribution in [0.3, 0.4) is 0 Å². The van der Waals surface area contributed by atoms with E-state index in [0.29, 0.717) is 18.8 Å². The largest absolute Gasteiger partial charge is 0.369 e. The molecule has 120 valence electrons. The molecule has 1 aliphatic heterocycles. The lowest BCUT2D eigenvalue weighted by Crippen LogP contribution is -2.58. The molecule has 23 heavy (non-hydrogen) atoms. The lowest BCUT2D eigenvalue weighted by molar-refractivity contribution is -0.117. The van der Waals surface area contributed by atoms with Crippen LogP contribution < -0.4 is 16.4 Å². The van der Waals surface area contributed by atoms with E-state index in [4.69, 9.17) is 11.5 Å².